The lowest BCUT2D eigenvalue weighted by atomic mass is 10.2. The second kappa shape index (κ2) is 18.0. The van der Waals surface area contributed by atoms with Gasteiger partial charge in [0.25, 0.3) is 0 Å². The number of hydrogen-bond acceptors (Lipinski definition) is 9. The molecule has 2 aliphatic heterocycles. The quantitative estimate of drug-likeness (QED) is 0.239. The molecule has 0 radical (unpaired) electrons. The van der Waals surface area contributed by atoms with Gasteiger partial charge in [-0.2, -0.15) is 26.3 Å². The lowest BCUT2D eigenvalue weighted by Crippen LogP contribution is -2.37. The van der Waals surface area contributed by atoms with Crippen LogP contribution in [0.25, 0.3) is 0 Å². The maximum atomic E-state index is 12.4. The van der Waals surface area contributed by atoms with Crippen molar-refractivity contribution in [2.75, 3.05) is 43.2 Å². The Morgan fingerprint density at radius 1 is 1.02 bits per heavy atom. The van der Waals surface area contributed by atoms with E-state index in [9.17, 15) is 36.2 Å². The first-order valence-electron chi connectivity index (χ1n) is 13.2. The van der Waals surface area contributed by atoms with Crippen molar-refractivity contribution in [3.8, 4) is 11.5 Å². The molecule has 0 aromatic heterocycles. The average molecular weight is 706 g/mol. The van der Waals surface area contributed by atoms with Crippen LogP contribution < -0.4 is 20.1 Å². The number of rotatable bonds is 9. The highest BCUT2D eigenvalue weighted by Gasteiger charge is 2.39. The second-order valence-corrected chi connectivity index (χ2v) is 11.0. The van der Waals surface area contributed by atoms with Crippen molar-refractivity contribution in [3.63, 3.8) is 0 Å². The topological polar surface area (TPSA) is 158 Å². The van der Waals surface area contributed by atoms with Crippen LogP contribution in [-0.4, -0.2) is 107 Å². The van der Waals surface area contributed by atoms with Crippen molar-refractivity contribution >= 4 is 46.9 Å². The third-order valence-electron chi connectivity index (χ3n) is 5.91. The Bertz CT molecular complexity index is 1260. The molecule has 5 N–H and O–H groups in total. The average Bonchev–Trinajstić information content (AvgIpc) is 3.66. The first kappa shape index (κ1) is 38.7. The third-order valence-corrected chi connectivity index (χ3v) is 7.10. The molecule has 0 aliphatic carbocycles. The van der Waals surface area contributed by atoms with Gasteiger partial charge >= 0.3 is 24.3 Å². The van der Waals surface area contributed by atoms with Gasteiger partial charge in [0, 0.05) is 36.3 Å². The molecule has 2 unspecified atom stereocenters. The number of carbonyl (C=O) groups excluding carboxylic acids is 1. The molecule has 46 heavy (non-hydrogen) atoms. The number of aliphatic carboxylic acids is 2. The first-order chi connectivity index (χ1) is 21.5. The number of halogens is 7. The predicted molar refractivity (Wildman–Crippen MR) is 155 cm³/mol. The summed E-state index contributed by atoms with van der Waals surface area (Å²) in [7, 11) is 0. The summed E-state index contributed by atoms with van der Waals surface area (Å²) in [5, 5.41) is 31.5. The molecule has 19 heteroatoms. The number of aliphatic hydroxyl groups excluding tert-OH is 1. The van der Waals surface area contributed by atoms with Gasteiger partial charge in [0.2, 0.25) is 5.91 Å². The van der Waals surface area contributed by atoms with Crippen molar-refractivity contribution in [2.45, 2.75) is 37.0 Å². The Hall–Kier alpha value is -3.45. The lowest BCUT2D eigenvalue weighted by Gasteiger charge is -2.21. The van der Waals surface area contributed by atoms with E-state index in [2.05, 4.69) is 15.5 Å². The molecule has 2 aromatic carbocycles. The summed E-state index contributed by atoms with van der Waals surface area (Å²) in [6.45, 7) is 2.24. The summed E-state index contributed by atoms with van der Waals surface area (Å²) in [5.41, 5.74) is 0.612. The standard InChI is InChI=1S/C23H28ClN3O4S.2C2HF3O2/c24-16-5-7-18(8-6-16)31-19-9-10-27(12-19)11-17(28)13-30-22-4-2-1-3-20(22)26-23(29)21-14-32-15-25-21;2*3-2(4,5)1(6)7/h1-8,17,19,21,25,28H,9-15H2,(H,26,29);2*(H,6,7)/t17?,19?,21-;;/m0../s1. The van der Waals surface area contributed by atoms with E-state index in [-0.39, 0.29) is 24.7 Å². The third kappa shape index (κ3) is 14.3. The van der Waals surface area contributed by atoms with Crippen LogP contribution in [0, 0.1) is 0 Å². The molecule has 2 aromatic rings. The summed E-state index contributed by atoms with van der Waals surface area (Å²) < 4.78 is 75.3. The smallest absolute Gasteiger partial charge is 0.489 e. The van der Waals surface area contributed by atoms with Crippen LogP contribution >= 0.6 is 23.4 Å². The number of β-amino-alcohol motifs (C(OH)–C–C–N with tert-alkyl or cyclic N) is 1. The molecule has 2 aliphatic rings. The van der Waals surface area contributed by atoms with Gasteiger partial charge in [0.05, 0.1) is 11.7 Å². The van der Waals surface area contributed by atoms with E-state index in [1.807, 2.05) is 36.4 Å². The number of amides is 1. The van der Waals surface area contributed by atoms with Gasteiger partial charge in [-0.15, -0.1) is 11.8 Å². The fourth-order valence-electron chi connectivity index (χ4n) is 3.78. The monoisotopic (exact) mass is 705 g/mol. The molecule has 2 heterocycles. The lowest BCUT2D eigenvalue weighted by molar-refractivity contribution is -0.193. The van der Waals surface area contributed by atoms with E-state index < -0.39 is 30.4 Å². The molecule has 4 rings (SSSR count). The number of carbonyl (C=O) groups is 3. The minimum Gasteiger partial charge on any atom is -0.489 e. The SMILES string of the molecule is O=C(Nc1ccccc1OCC(O)CN1CCC(Oc2ccc(Cl)cc2)C1)[C@@H]1CSCN1.O=C(O)C(F)(F)F.O=C(O)C(F)(F)F. The Kier molecular flexibility index (Phi) is 15.2. The molecule has 256 valence electrons. The number of nitrogens with zero attached hydrogens (tertiary/aromatic N) is 1. The Morgan fingerprint density at radius 2 is 1.61 bits per heavy atom. The largest absolute Gasteiger partial charge is 0.490 e. The van der Waals surface area contributed by atoms with E-state index in [4.69, 9.17) is 40.9 Å². The van der Waals surface area contributed by atoms with Crippen LogP contribution in [0.3, 0.4) is 0 Å². The predicted octanol–water partition coefficient (Wildman–Crippen LogP) is 4.10. The van der Waals surface area contributed by atoms with Crippen LogP contribution in [0.1, 0.15) is 6.42 Å². The molecule has 2 fully saturated rings. The van der Waals surface area contributed by atoms with E-state index in [1.165, 1.54) is 0 Å². The molecule has 0 spiro atoms. The van der Waals surface area contributed by atoms with Crippen molar-refractivity contribution in [2.24, 2.45) is 0 Å². The number of anilines is 1. The van der Waals surface area contributed by atoms with Gasteiger partial charge in [-0.25, -0.2) is 9.59 Å². The Labute approximate surface area is 267 Å². The van der Waals surface area contributed by atoms with Crippen molar-refractivity contribution < 1.29 is 65.5 Å². The highest BCUT2D eigenvalue weighted by Crippen LogP contribution is 2.25. The molecule has 2 saturated heterocycles. The number of thioether (sulfide) groups is 1. The highest BCUT2D eigenvalue weighted by atomic mass is 35.5. The highest BCUT2D eigenvalue weighted by molar-refractivity contribution is 7.99. The maximum absolute atomic E-state index is 12.4. The van der Waals surface area contributed by atoms with Gasteiger partial charge in [-0.1, -0.05) is 23.7 Å². The van der Waals surface area contributed by atoms with Crippen molar-refractivity contribution in [1.82, 2.24) is 10.2 Å². The Balaban J connectivity index is 0.000000440. The number of carboxylic acids is 2. The number of carboxylic acid groups (broad SMARTS) is 2. The van der Waals surface area contributed by atoms with Crippen LogP contribution in [0.15, 0.2) is 48.5 Å². The van der Waals surface area contributed by atoms with Crippen LogP contribution in [0.4, 0.5) is 32.0 Å². The molecule has 0 saturated carbocycles. The number of benzene rings is 2. The molecule has 1 amide bonds. The number of hydrogen-bond donors (Lipinski definition) is 5. The number of likely N-dealkylation sites (tertiary alicyclic amines) is 1. The van der Waals surface area contributed by atoms with E-state index in [0.717, 1.165) is 36.9 Å². The minimum absolute atomic E-state index is 0.0737. The minimum atomic E-state index is -5.08. The maximum Gasteiger partial charge on any atom is 0.490 e. The van der Waals surface area contributed by atoms with E-state index in [1.54, 1.807) is 23.9 Å². The number of nitrogens with one attached hydrogen (secondary N) is 2. The van der Waals surface area contributed by atoms with Gasteiger partial charge in [-0.05, 0) is 42.8 Å². The Morgan fingerprint density at radius 3 is 2.15 bits per heavy atom. The van der Waals surface area contributed by atoms with Crippen molar-refractivity contribution in [3.05, 3.63) is 53.6 Å². The zero-order valence-electron chi connectivity index (χ0n) is 23.7. The first-order valence-corrected chi connectivity index (χ1v) is 14.8. The summed E-state index contributed by atoms with van der Waals surface area (Å²) in [6, 6.07) is 14.5. The fraction of sp³-hybridized carbons (Fsp3) is 0.444. The summed E-state index contributed by atoms with van der Waals surface area (Å²) in [4.78, 5) is 32.4. The van der Waals surface area contributed by atoms with Gasteiger partial charge in [0.15, 0.2) is 0 Å². The number of aliphatic hydroxyl groups is 1. The summed E-state index contributed by atoms with van der Waals surface area (Å²) >= 11 is 7.62. The van der Waals surface area contributed by atoms with E-state index >= 15 is 0 Å². The summed E-state index contributed by atoms with van der Waals surface area (Å²) in [6.07, 6.45) is -9.83. The fourth-order valence-corrected chi connectivity index (χ4v) is 4.85. The zero-order chi connectivity index (χ0) is 34.5. The second-order valence-electron chi connectivity index (χ2n) is 9.57. The number of para-hydroxylation sites is 2. The number of ether oxygens (including phenoxy) is 2. The molecular formula is C27H30ClF6N3O8S. The van der Waals surface area contributed by atoms with E-state index in [0.29, 0.717) is 23.0 Å². The summed E-state index contributed by atoms with van der Waals surface area (Å²) in [5.74, 6) is -2.70. The van der Waals surface area contributed by atoms with Crippen LogP contribution in [-0.2, 0) is 14.4 Å². The molecule has 11 nitrogen and oxygen atoms in total. The van der Waals surface area contributed by atoms with Crippen LogP contribution in [0.5, 0.6) is 11.5 Å². The van der Waals surface area contributed by atoms with Crippen LogP contribution in [0.2, 0.25) is 5.02 Å². The van der Waals surface area contributed by atoms with Gasteiger partial charge in [0.1, 0.15) is 30.3 Å². The molecule has 0 bridgehead atoms. The molecule has 3 atom stereocenters. The van der Waals surface area contributed by atoms with Gasteiger partial charge in [-0.3, -0.25) is 15.0 Å². The normalized spacial score (nSPS) is 18.7. The molecular weight excluding hydrogens is 676 g/mol. The zero-order valence-corrected chi connectivity index (χ0v) is 25.3. The van der Waals surface area contributed by atoms with Crippen molar-refractivity contribution in [1.29, 1.82) is 0 Å². The number of alkyl halides is 6. The van der Waals surface area contributed by atoms with Gasteiger partial charge < -0.3 is 30.1 Å².